The molecule has 1 nitrogen and oxygen atoms in total. The maximum Gasteiger partial charge on any atom is 0.185 e. The van der Waals surface area contributed by atoms with Gasteiger partial charge in [-0.1, -0.05) is 116 Å². The van der Waals surface area contributed by atoms with Crippen LogP contribution in [-0.2, 0) is 4.79 Å². The number of Topliss-reactive ketones (excluding diaryl/α,β-unsaturated/α-hetero) is 1. The molecular weight excluding hydrogens is 364 g/mol. The van der Waals surface area contributed by atoms with Gasteiger partial charge in [-0.3, -0.25) is 4.79 Å². The van der Waals surface area contributed by atoms with E-state index in [-0.39, 0.29) is 22.0 Å². The Kier molecular flexibility index (Phi) is 6.33. The number of allylic oxidation sites excluding steroid dienone is 6. The van der Waals surface area contributed by atoms with Gasteiger partial charge in [0, 0.05) is 22.5 Å². The zero-order valence-corrected chi connectivity index (χ0v) is 20.1. The van der Waals surface area contributed by atoms with Gasteiger partial charge in [-0.2, -0.15) is 0 Å². The second kappa shape index (κ2) is 8.33. The number of unbranched alkanes of at least 4 members (excludes halogenated alkanes) is 1. The van der Waals surface area contributed by atoms with E-state index in [4.69, 9.17) is 0 Å². The summed E-state index contributed by atoms with van der Waals surface area (Å²) in [6, 6.07) is 10.8. The van der Waals surface area contributed by atoms with Gasteiger partial charge in [0.2, 0.25) is 0 Å². The molecule has 0 radical (unpaired) electrons. The highest BCUT2D eigenvalue weighted by atomic mass is 16.1. The Morgan fingerprint density at radius 2 is 1.47 bits per heavy atom. The van der Waals surface area contributed by atoms with Gasteiger partial charge >= 0.3 is 0 Å². The molecule has 0 amide bonds. The van der Waals surface area contributed by atoms with E-state index in [0.717, 1.165) is 17.6 Å². The molecule has 30 heavy (non-hydrogen) atoms. The normalized spacial score (nSPS) is 24.0. The smallest absolute Gasteiger partial charge is 0.185 e. The van der Waals surface area contributed by atoms with Crippen molar-refractivity contribution >= 4 is 5.78 Å². The lowest BCUT2D eigenvalue weighted by atomic mass is 9.57. The Balaban J connectivity index is 2.18. The van der Waals surface area contributed by atoms with Gasteiger partial charge in [0.05, 0.1) is 0 Å². The molecule has 0 fully saturated rings. The Morgan fingerprint density at radius 1 is 0.900 bits per heavy atom. The molecule has 0 N–H and O–H groups in total. The molecule has 0 saturated heterocycles. The van der Waals surface area contributed by atoms with E-state index in [1.165, 1.54) is 24.8 Å². The van der Waals surface area contributed by atoms with Crippen molar-refractivity contribution in [3.05, 3.63) is 71.3 Å². The summed E-state index contributed by atoms with van der Waals surface area (Å²) in [7, 11) is 0. The highest BCUT2D eigenvalue weighted by Gasteiger charge is 2.46. The maximum atomic E-state index is 13.6. The molecule has 0 bridgehead atoms. The first-order valence-corrected chi connectivity index (χ1v) is 11.7. The van der Waals surface area contributed by atoms with Crippen molar-refractivity contribution < 1.29 is 4.79 Å². The van der Waals surface area contributed by atoms with Crippen molar-refractivity contribution in [1.82, 2.24) is 0 Å². The largest absolute Gasteiger partial charge is 0.289 e. The summed E-state index contributed by atoms with van der Waals surface area (Å²) in [6.45, 7) is 15.4. The molecule has 2 atom stereocenters. The van der Waals surface area contributed by atoms with Crippen molar-refractivity contribution in [2.45, 2.75) is 80.1 Å². The summed E-state index contributed by atoms with van der Waals surface area (Å²) in [5.74, 6) is 1.08. The molecule has 0 heterocycles. The van der Waals surface area contributed by atoms with Gasteiger partial charge in [0.15, 0.2) is 5.78 Å². The zero-order valence-electron chi connectivity index (χ0n) is 20.1. The Labute approximate surface area is 184 Å². The Hall–Kier alpha value is -1.89. The quantitative estimate of drug-likeness (QED) is 0.464. The fourth-order valence-electron chi connectivity index (χ4n) is 5.07. The van der Waals surface area contributed by atoms with E-state index in [1.807, 2.05) is 0 Å². The lowest BCUT2D eigenvalue weighted by Crippen LogP contribution is -2.39. The van der Waals surface area contributed by atoms with E-state index in [2.05, 4.69) is 103 Å². The van der Waals surface area contributed by atoms with Gasteiger partial charge in [0.1, 0.15) is 0 Å². The highest BCUT2D eigenvalue weighted by molar-refractivity contribution is 6.11. The van der Waals surface area contributed by atoms with Crippen LogP contribution in [0.15, 0.2) is 65.8 Å². The van der Waals surface area contributed by atoms with Crippen molar-refractivity contribution in [3.8, 4) is 0 Å². The zero-order chi connectivity index (χ0) is 22.2. The molecule has 2 unspecified atom stereocenters. The summed E-state index contributed by atoms with van der Waals surface area (Å²) in [6.07, 6.45) is 14.3. The molecule has 0 aliphatic heterocycles. The van der Waals surface area contributed by atoms with Crippen LogP contribution in [0.5, 0.6) is 0 Å². The fourth-order valence-corrected chi connectivity index (χ4v) is 5.07. The SMILES string of the molecule is CCCCC1C=CC(c2ccccc2)CC12C=C(C(C)(C)C)C(=O)C(C(C)(C)C)=C2. The number of benzene rings is 1. The first-order chi connectivity index (χ1) is 14.0. The van der Waals surface area contributed by atoms with Crippen molar-refractivity contribution in [2.24, 2.45) is 22.2 Å². The number of rotatable bonds is 4. The van der Waals surface area contributed by atoms with E-state index < -0.39 is 0 Å². The van der Waals surface area contributed by atoms with Crippen LogP contribution in [0.1, 0.15) is 85.6 Å². The van der Waals surface area contributed by atoms with Gasteiger partial charge in [-0.05, 0) is 35.2 Å². The summed E-state index contributed by atoms with van der Waals surface area (Å²) in [5, 5.41) is 0. The molecule has 0 aromatic heterocycles. The molecule has 0 saturated carbocycles. The standard InChI is InChI=1S/C29H40O/c1-8-9-15-23-17-16-22(21-13-11-10-12-14-21)18-29(23)19-24(27(2,3)4)26(30)25(20-29)28(5,6)7/h10-14,16-17,19-20,22-23H,8-9,15,18H2,1-7H3. The topological polar surface area (TPSA) is 17.1 Å². The Morgan fingerprint density at radius 3 is 1.97 bits per heavy atom. The third-order valence-electron chi connectivity index (χ3n) is 6.87. The van der Waals surface area contributed by atoms with Crippen LogP contribution in [0.2, 0.25) is 0 Å². The van der Waals surface area contributed by atoms with Crippen LogP contribution < -0.4 is 0 Å². The average molecular weight is 405 g/mol. The molecule has 1 spiro atoms. The first-order valence-electron chi connectivity index (χ1n) is 11.7. The van der Waals surface area contributed by atoms with Gasteiger partial charge in [-0.15, -0.1) is 0 Å². The average Bonchev–Trinajstić information content (AvgIpc) is 2.67. The summed E-state index contributed by atoms with van der Waals surface area (Å²) < 4.78 is 0. The van der Waals surface area contributed by atoms with Crippen LogP contribution in [0.4, 0.5) is 0 Å². The molecule has 2 aliphatic rings. The minimum Gasteiger partial charge on any atom is -0.289 e. The predicted molar refractivity (Wildman–Crippen MR) is 128 cm³/mol. The number of ketones is 1. The highest BCUT2D eigenvalue weighted by Crippen LogP contribution is 2.54. The van der Waals surface area contributed by atoms with Crippen molar-refractivity contribution in [2.75, 3.05) is 0 Å². The summed E-state index contributed by atoms with van der Waals surface area (Å²) in [5.41, 5.74) is 2.96. The Bertz CT molecular complexity index is 818. The number of hydrogen-bond acceptors (Lipinski definition) is 1. The molecule has 1 heteroatoms. The second-order valence-corrected chi connectivity index (χ2v) is 11.4. The minimum absolute atomic E-state index is 0.0937. The first kappa shape index (κ1) is 22.8. The van der Waals surface area contributed by atoms with E-state index in [0.29, 0.717) is 11.8 Å². The minimum atomic E-state index is -0.159. The lowest BCUT2D eigenvalue weighted by Gasteiger charge is -2.46. The van der Waals surface area contributed by atoms with Crippen LogP contribution in [0, 0.1) is 22.2 Å². The predicted octanol–water partition coefficient (Wildman–Crippen LogP) is 8.05. The van der Waals surface area contributed by atoms with Crippen LogP contribution >= 0.6 is 0 Å². The molecule has 162 valence electrons. The van der Waals surface area contributed by atoms with Gasteiger partial charge in [0.25, 0.3) is 0 Å². The molecule has 2 aliphatic carbocycles. The van der Waals surface area contributed by atoms with Crippen molar-refractivity contribution in [1.29, 1.82) is 0 Å². The van der Waals surface area contributed by atoms with Gasteiger partial charge in [-0.25, -0.2) is 0 Å². The van der Waals surface area contributed by atoms with E-state index in [9.17, 15) is 4.79 Å². The summed E-state index contributed by atoms with van der Waals surface area (Å²) in [4.78, 5) is 13.6. The monoisotopic (exact) mass is 404 g/mol. The number of carbonyl (C=O) groups excluding carboxylic acids is 1. The number of carbonyl (C=O) groups is 1. The fraction of sp³-hybridized carbons (Fsp3) is 0.552. The van der Waals surface area contributed by atoms with Crippen LogP contribution in [-0.4, -0.2) is 5.78 Å². The third kappa shape index (κ3) is 4.56. The lowest BCUT2D eigenvalue weighted by molar-refractivity contribution is -0.114. The summed E-state index contributed by atoms with van der Waals surface area (Å²) >= 11 is 0. The van der Waals surface area contributed by atoms with Crippen LogP contribution in [0.3, 0.4) is 0 Å². The molecular formula is C29H40O. The second-order valence-electron chi connectivity index (χ2n) is 11.4. The molecule has 1 aromatic rings. The molecule has 3 rings (SSSR count). The van der Waals surface area contributed by atoms with E-state index in [1.54, 1.807) is 0 Å². The molecule has 1 aromatic carbocycles. The third-order valence-corrected chi connectivity index (χ3v) is 6.87. The maximum absolute atomic E-state index is 13.6. The number of hydrogen-bond donors (Lipinski definition) is 0. The van der Waals surface area contributed by atoms with Gasteiger partial charge < -0.3 is 0 Å². The van der Waals surface area contributed by atoms with Crippen molar-refractivity contribution in [3.63, 3.8) is 0 Å². The van der Waals surface area contributed by atoms with Crippen LogP contribution in [0.25, 0.3) is 0 Å². The van der Waals surface area contributed by atoms with E-state index >= 15 is 0 Å².